The van der Waals surface area contributed by atoms with Crippen molar-refractivity contribution in [3.05, 3.63) is 11.4 Å². The summed E-state index contributed by atoms with van der Waals surface area (Å²) < 4.78 is 50.0. The van der Waals surface area contributed by atoms with Crippen LogP contribution in [0.4, 0.5) is 8.78 Å². The van der Waals surface area contributed by atoms with Crippen molar-refractivity contribution in [3.8, 4) is 0 Å². The zero-order valence-electron chi connectivity index (χ0n) is 9.95. The van der Waals surface area contributed by atoms with Crippen molar-refractivity contribution < 1.29 is 17.2 Å². The van der Waals surface area contributed by atoms with E-state index in [4.69, 9.17) is 11.6 Å². The van der Waals surface area contributed by atoms with Crippen LogP contribution in [0.15, 0.2) is 4.90 Å². The van der Waals surface area contributed by atoms with Crippen LogP contribution in [0, 0.1) is 13.8 Å². The Bertz CT molecular complexity index is 484. The average Bonchev–Trinajstić information content (AvgIpc) is 2.57. The Hall–Kier alpha value is -0.730. The van der Waals surface area contributed by atoms with E-state index in [0.29, 0.717) is 10.00 Å². The maximum Gasteiger partial charge on any atom is 0.252 e. The van der Waals surface area contributed by atoms with Crippen LogP contribution in [0.5, 0.6) is 0 Å². The molecule has 0 fully saturated rings. The summed E-state index contributed by atoms with van der Waals surface area (Å²) in [6.07, 6.45) is -2.75. The molecule has 0 saturated heterocycles. The first kappa shape index (κ1) is 15.3. The van der Waals surface area contributed by atoms with E-state index in [0.717, 1.165) is 0 Å². The van der Waals surface area contributed by atoms with Crippen molar-refractivity contribution in [1.29, 1.82) is 0 Å². The summed E-state index contributed by atoms with van der Waals surface area (Å²) in [4.78, 5) is -0.0618. The number of aromatic amines is 1. The van der Waals surface area contributed by atoms with Crippen LogP contribution in [-0.4, -0.2) is 48.3 Å². The van der Waals surface area contributed by atoms with Crippen LogP contribution in [0.1, 0.15) is 11.4 Å². The average molecular weight is 302 g/mol. The van der Waals surface area contributed by atoms with Crippen LogP contribution >= 0.6 is 11.6 Å². The molecule has 1 aromatic heterocycles. The van der Waals surface area contributed by atoms with Gasteiger partial charge >= 0.3 is 0 Å². The molecule has 0 atom stereocenters. The van der Waals surface area contributed by atoms with Gasteiger partial charge in [-0.05, 0) is 13.8 Å². The highest BCUT2D eigenvalue weighted by atomic mass is 35.5. The Morgan fingerprint density at radius 2 is 2.06 bits per heavy atom. The molecule has 1 rings (SSSR count). The minimum atomic E-state index is -4.00. The van der Waals surface area contributed by atoms with E-state index >= 15 is 0 Å². The number of nitrogens with zero attached hydrogens (tertiary/aromatic N) is 2. The van der Waals surface area contributed by atoms with Gasteiger partial charge in [-0.2, -0.15) is 9.40 Å². The molecule has 0 aliphatic rings. The maximum atomic E-state index is 12.4. The third-order valence-electron chi connectivity index (χ3n) is 2.33. The van der Waals surface area contributed by atoms with Crippen molar-refractivity contribution in [2.45, 2.75) is 25.2 Å². The lowest BCUT2D eigenvalue weighted by atomic mass is 10.4. The number of aromatic nitrogens is 2. The number of aryl methyl sites for hydroxylation is 2. The van der Waals surface area contributed by atoms with E-state index in [2.05, 4.69) is 10.2 Å². The molecule has 0 bridgehead atoms. The van der Waals surface area contributed by atoms with E-state index < -0.39 is 23.0 Å². The fourth-order valence-electron chi connectivity index (χ4n) is 1.61. The van der Waals surface area contributed by atoms with Gasteiger partial charge in [-0.15, -0.1) is 11.6 Å². The van der Waals surface area contributed by atoms with Gasteiger partial charge in [0.25, 0.3) is 6.43 Å². The summed E-state index contributed by atoms with van der Waals surface area (Å²) >= 11 is 5.45. The molecule has 0 aliphatic carbocycles. The minimum Gasteiger partial charge on any atom is -0.281 e. The molecule has 1 heterocycles. The summed E-state index contributed by atoms with van der Waals surface area (Å²) in [5.41, 5.74) is 0.572. The number of nitrogens with one attached hydrogen (secondary N) is 1. The molecule has 104 valence electrons. The SMILES string of the molecule is Cc1n[nH]c(C)c1S(=O)(=O)N(CCCl)CC(F)F. The lowest BCUT2D eigenvalue weighted by molar-refractivity contribution is 0.121. The van der Waals surface area contributed by atoms with Crippen LogP contribution < -0.4 is 0 Å². The van der Waals surface area contributed by atoms with Crippen molar-refractivity contribution >= 4 is 21.6 Å². The Labute approximate surface area is 109 Å². The van der Waals surface area contributed by atoms with Crippen LogP contribution in [0.3, 0.4) is 0 Å². The lowest BCUT2D eigenvalue weighted by Gasteiger charge is -2.20. The molecule has 0 amide bonds. The second-order valence-electron chi connectivity index (χ2n) is 3.71. The van der Waals surface area contributed by atoms with Gasteiger partial charge in [0, 0.05) is 12.4 Å². The quantitative estimate of drug-likeness (QED) is 0.810. The van der Waals surface area contributed by atoms with Crippen molar-refractivity contribution in [1.82, 2.24) is 14.5 Å². The smallest absolute Gasteiger partial charge is 0.252 e. The Morgan fingerprint density at radius 1 is 1.44 bits per heavy atom. The van der Waals surface area contributed by atoms with Gasteiger partial charge in [0.15, 0.2) is 0 Å². The molecule has 9 heteroatoms. The second-order valence-corrected chi connectivity index (χ2v) is 5.96. The molecule has 1 aromatic rings. The predicted molar refractivity (Wildman–Crippen MR) is 63.5 cm³/mol. The van der Waals surface area contributed by atoms with Crippen molar-refractivity contribution in [3.63, 3.8) is 0 Å². The zero-order valence-corrected chi connectivity index (χ0v) is 11.5. The number of hydrogen-bond donors (Lipinski definition) is 1. The molecular weight excluding hydrogens is 288 g/mol. The molecule has 0 saturated carbocycles. The van der Waals surface area contributed by atoms with Crippen LogP contribution in [0.2, 0.25) is 0 Å². The standard InChI is InChI=1S/C9H14ClF2N3O2S/c1-6-9(7(2)14-13-6)18(16,17)15(4-3-10)5-8(11)12/h8H,3-5H2,1-2H3,(H,13,14). The highest BCUT2D eigenvalue weighted by Crippen LogP contribution is 2.22. The lowest BCUT2D eigenvalue weighted by Crippen LogP contribution is -2.37. The van der Waals surface area contributed by atoms with Gasteiger partial charge in [0.05, 0.1) is 17.9 Å². The summed E-state index contributed by atoms with van der Waals surface area (Å²) in [7, 11) is -4.00. The van der Waals surface area contributed by atoms with Gasteiger partial charge in [0.2, 0.25) is 10.0 Å². The minimum absolute atomic E-state index is 0.0537. The van der Waals surface area contributed by atoms with Gasteiger partial charge < -0.3 is 0 Å². The van der Waals surface area contributed by atoms with Crippen LogP contribution in [-0.2, 0) is 10.0 Å². The molecule has 0 radical (unpaired) electrons. The fraction of sp³-hybridized carbons (Fsp3) is 0.667. The van der Waals surface area contributed by atoms with Gasteiger partial charge in [-0.3, -0.25) is 5.10 Å². The van der Waals surface area contributed by atoms with Crippen molar-refractivity contribution in [2.75, 3.05) is 19.0 Å². The number of rotatable bonds is 6. The monoisotopic (exact) mass is 301 g/mol. The molecule has 18 heavy (non-hydrogen) atoms. The normalized spacial score (nSPS) is 12.6. The van der Waals surface area contributed by atoms with E-state index in [-0.39, 0.29) is 23.0 Å². The van der Waals surface area contributed by atoms with E-state index in [9.17, 15) is 17.2 Å². The van der Waals surface area contributed by atoms with E-state index in [1.165, 1.54) is 13.8 Å². The maximum absolute atomic E-state index is 12.4. The number of alkyl halides is 3. The van der Waals surface area contributed by atoms with Gasteiger partial charge in [-0.1, -0.05) is 0 Å². The van der Waals surface area contributed by atoms with E-state index in [1.807, 2.05) is 0 Å². The topological polar surface area (TPSA) is 66.1 Å². The van der Waals surface area contributed by atoms with Crippen LogP contribution in [0.25, 0.3) is 0 Å². The van der Waals surface area contributed by atoms with E-state index in [1.54, 1.807) is 0 Å². The Balaban J connectivity index is 3.17. The third kappa shape index (κ3) is 3.18. The number of halogens is 3. The molecule has 0 spiro atoms. The predicted octanol–water partition coefficient (Wildman–Crippen LogP) is 1.52. The third-order valence-corrected chi connectivity index (χ3v) is 4.63. The summed E-state index contributed by atoms with van der Waals surface area (Å²) in [6, 6.07) is 0. The highest BCUT2D eigenvalue weighted by molar-refractivity contribution is 7.89. The summed E-state index contributed by atoms with van der Waals surface area (Å²) in [6.45, 7) is 1.98. The summed E-state index contributed by atoms with van der Waals surface area (Å²) in [5.74, 6) is -0.0537. The summed E-state index contributed by atoms with van der Waals surface area (Å²) in [5, 5.41) is 6.27. The fourth-order valence-corrected chi connectivity index (χ4v) is 3.66. The highest BCUT2D eigenvalue weighted by Gasteiger charge is 2.31. The van der Waals surface area contributed by atoms with Gasteiger partial charge in [0.1, 0.15) is 4.90 Å². The second kappa shape index (κ2) is 5.94. The first-order valence-electron chi connectivity index (χ1n) is 5.16. The number of sulfonamides is 1. The molecule has 0 unspecified atom stereocenters. The van der Waals surface area contributed by atoms with Crippen molar-refractivity contribution in [2.24, 2.45) is 0 Å². The Kier molecular flexibility index (Phi) is 5.06. The first-order chi connectivity index (χ1) is 8.30. The molecular formula is C9H14ClF2N3O2S. The van der Waals surface area contributed by atoms with Gasteiger partial charge in [-0.25, -0.2) is 17.2 Å². The largest absolute Gasteiger partial charge is 0.281 e. The number of hydrogen-bond acceptors (Lipinski definition) is 3. The molecule has 1 N–H and O–H groups in total. The first-order valence-corrected chi connectivity index (χ1v) is 7.14. The Morgan fingerprint density at radius 3 is 2.44 bits per heavy atom. The molecule has 5 nitrogen and oxygen atoms in total. The molecule has 0 aromatic carbocycles. The molecule has 0 aliphatic heterocycles. The zero-order chi connectivity index (χ0) is 13.9. The number of H-pyrrole nitrogens is 1.